The Labute approximate surface area is 234 Å². The standard InChI is InChI=1S/C36H29NO3/c1-39-31-22-18-29(19-23-31)36-34(32-14-8-9-15-33(32)40-36)35(38)28-16-20-30(21-17-28)37(24-26-10-4-2-5-11-26)25-27-12-6-3-7-13-27/h2-23H,24-25H2,1H3. The fraction of sp³-hybridized carbons (Fsp3) is 0.0833. The van der Waals surface area contributed by atoms with Crippen molar-refractivity contribution < 1.29 is 13.9 Å². The molecule has 6 rings (SSSR count). The van der Waals surface area contributed by atoms with Gasteiger partial charge in [-0.15, -0.1) is 0 Å². The zero-order valence-corrected chi connectivity index (χ0v) is 22.3. The Morgan fingerprint density at radius 3 is 1.85 bits per heavy atom. The summed E-state index contributed by atoms with van der Waals surface area (Å²) in [6.45, 7) is 1.52. The predicted molar refractivity (Wildman–Crippen MR) is 161 cm³/mol. The van der Waals surface area contributed by atoms with E-state index in [4.69, 9.17) is 9.15 Å². The molecule has 6 aromatic rings. The summed E-state index contributed by atoms with van der Waals surface area (Å²) in [4.78, 5) is 16.3. The van der Waals surface area contributed by atoms with Crippen LogP contribution >= 0.6 is 0 Å². The molecule has 0 radical (unpaired) electrons. The number of carbonyl (C=O) groups is 1. The average molecular weight is 524 g/mol. The highest BCUT2D eigenvalue weighted by Crippen LogP contribution is 2.36. The molecule has 40 heavy (non-hydrogen) atoms. The van der Waals surface area contributed by atoms with E-state index in [1.807, 2.05) is 84.9 Å². The molecule has 0 unspecified atom stereocenters. The summed E-state index contributed by atoms with van der Waals surface area (Å²) in [6.07, 6.45) is 0. The van der Waals surface area contributed by atoms with E-state index >= 15 is 0 Å². The Bertz CT molecular complexity index is 1680. The molecule has 196 valence electrons. The van der Waals surface area contributed by atoms with Gasteiger partial charge in [-0.05, 0) is 65.7 Å². The van der Waals surface area contributed by atoms with E-state index in [2.05, 4.69) is 53.4 Å². The monoisotopic (exact) mass is 523 g/mol. The molecule has 0 N–H and O–H groups in total. The third-order valence-electron chi connectivity index (χ3n) is 7.10. The average Bonchev–Trinajstić information content (AvgIpc) is 3.41. The topological polar surface area (TPSA) is 42.7 Å². The summed E-state index contributed by atoms with van der Waals surface area (Å²) in [5.41, 5.74) is 6.21. The van der Waals surface area contributed by atoms with Gasteiger partial charge < -0.3 is 14.1 Å². The first-order chi connectivity index (χ1) is 19.7. The van der Waals surface area contributed by atoms with E-state index in [0.29, 0.717) is 22.5 Å². The molecule has 5 aromatic carbocycles. The Morgan fingerprint density at radius 1 is 0.675 bits per heavy atom. The summed E-state index contributed by atoms with van der Waals surface area (Å²) in [6, 6.07) is 44.1. The van der Waals surface area contributed by atoms with Crippen LogP contribution in [0.4, 0.5) is 5.69 Å². The number of fused-ring (bicyclic) bond motifs is 1. The first-order valence-corrected chi connectivity index (χ1v) is 13.3. The van der Waals surface area contributed by atoms with Crippen molar-refractivity contribution in [3.63, 3.8) is 0 Å². The van der Waals surface area contributed by atoms with Gasteiger partial charge in [-0.3, -0.25) is 4.79 Å². The Morgan fingerprint density at radius 2 is 1.25 bits per heavy atom. The summed E-state index contributed by atoms with van der Waals surface area (Å²) < 4.78 is 11.5. The summed E-state index contributed by atoms with van der Waals surface area (Å²) >= 11 is 0. The van der Waals surface area contributed by atoms with Gasteiger partial charge in [0.25, 0.3) is 0 Å². The first-order valence-electron chi connectivity index (χ1n) is 13.3. The van der Waals surface area contributed by atoms with Crippen LogP contribution in [0.1, 0.15) is 27.0 Å². The van der Waals surface area contributed by atoms with Crippen molar-refractivity contribution in [2.45, 2.75) is 13.1 Å². The number of para-hydroxylation sites is 1. The van der Waals surface area contributed by atoms with Gasteiger partial charge >= 0.3 is 0 Å². The molecular formula is C36H29NO3. The SMILES string of the molecule is COc1ccc(-c2oc3ccccc3c2C(=O)c2ccc(N(Cc3ccccc3)Cc3ccccc3)cc2)cc1. The fourth-order valence-corrected chi connectivity index (χ4v) is 5.03. The molecule has 4 nitrogen and oxygen atoms in total. The minimum Gasteiger partial charge on any atom is -0.497 e. The van der Waals surface area contributed by atoms with Crippen LogP contribution in [0.15, 0.2) is 138 Å². The maximum Gasteiger partial charge on any atom is 0.197 e. The van der Waals surface area contributed by atoms with Gasteiger partial charge in [-0.1, -0.05) is 78.9 Å². The third-order valence-corrected chi connectivity index (χ3v) is 7.10. The van der Waals surface area contributed by atoms with E-state index in [1.165, 1.54) is 11.1 Å². The molecule has 0 atom stereocenters. The van der Waals surface area contributed by atoms with E-state index in [0.717, 1.165) is 35.5 Å². The van der Waals surface area contributed by atoms with Crippen LogP contribution < -0.4 is 9.64 Å². The molecule has 1 heterocycles. The van der Waals surface area contributed by atoms with Gasteiger partial charge in [0.05, 0.1) is 12.7 Å². The molecule has 0 spiro atoms. The molecule has 1 aromatic heterocycles. The Kier molecular flexibility index (Phi) is 7.14. The predicted octanol–water partition coefficient (Wildman–Crippen LogP) is 8.55. The number of carbonyl (C=O) groups excluding carboxylic acids is 1. The molecule has 0 aliphatic heterocycles. The van der Waals surface area contributed by atoms with Gasteiger partial charge in [0.15, 0.2) is 5.78 Å². The number of furan rings is 1. The van der Waals surface area contributed by atoms with E-state index < -0.39 is 0 Å². The molecule has 0 fully saturated rings. The van der Waals surface area contributed by atoms with Crippen molar-refractivity contribution >= 4 is 22.4 Å². The molecular weight excluding hydrogens is 494 g/mol. The van der Waals surface area contributed by atoms with Crippen LogP contribution in [-0.4, -0.2) is 12.9 Å². The molecule has 0 aliphatic rings. The number of rotatable bonds is 9. The van der Waals surface area contributed by atoms with E-state index in [-0.39, 0.29) is 5.78 Å². The summed E-state index contributed by atoms with van der Waals surface area (Å²) in [5.74, 6) is 1.24. The largest absolute Gasteiger partial charge is 0.497 e. The third kappa shape index (κ3) is 5.25. The quantitative estimate of drug-likeness (QED) is 0.178. The highest BCUT2D eigenvalue weighted by Gasteiger charge is 2.23. The summed E-state index contributed by atoms with van der Waals surface area (Å²) in [5, 5.41) is 0.803. The Balaban J connectivity index is 1.34. The second-order valence-corrected chi connectivity index (χ2v) is 9.73. The minimum absolute atomic E-state index is 0.0695. The van der Waals surface area contributed by atoms with Crippen LogP contribution in [0.5, 0.6) is 5.75 Å². The highest BCUT2D eigenvalue weighted by atomic mass is 16.5. The number of benzene rings is 5. The minimum atomic E-state index is -0.0695. The van der Waals surface area contributed by atoms with Crippen molar-refractivity contribution in [2.75, 3.05) is 12.0 Å². The van der Waals surface area contributed by atoms with Gasteiger partial charge in [0.2, 0.25) is 0 Å². The normalized spacial score (nSPS) is 10.9. The highest BCUT2D eigenvalue weighted by molar-refractivity contribution is 6.19. The van der Waals surface area contributed by atoms with Crippen molar-refractivity contribution in [2.24, 2.45) is 0 Å². The maximum absolute atomic E-state index is 14.0. The zero-order valence-electron chi connectivity index (χ0n) is 22.3. The van der Waals surface area contributed by atoms with Gasteiger partial charge in [0.1, 0.15) is 17.1 Å². The van der Waals surface area contributed by atoms with Gasteiger partial charge in [0, 0.05) is 35.3 Å². The van der Waals surface area contributed by atoms with Crippen molar-refractivity contribution in [1.82, 2.24) is 0 Å². The van der Waals surface area contributed by atoms with Crippen LogP contribution in [0.3, 0.4) is 0 Å². The van der Waals surface area contributed by atoms with Crippen LogP contribution in [0.2, 0.25) is 0 Å². The Hall–Kier alpha value is -5.09. The maximum atomic E-state index is 14.0. The molecule has 0 saturated heterocycles. The number of ether oxygens (including phenoxy) is 1. The summed E-state index contributed by atoms with van der Waals surface area (Å²) in [7, 11) is 1.63. The molecule has 4 heteroatoms. The number of hydrogen-bond acceptors (Lipinski definition) is 4. The lowest BCUT2D eigenvalue weighted by Gasteiger charge is -2.25. The molecule has 0 amide bonds. The number of anilines is 1. The van der Waals surface area contributed by atoms with E-state index in [9.17, 15) is 4.79 Å². The number of methoxy groups -OCH3 is 1. The lowest BCUT2D eigenvalue weighted by atomic mass is 9.97. The van der Waals surface area contributed by atoms with Gasteiger partial charge in [-0.25, -0.2) is 0 Å². The number of hydrogen-bond donors (Lipinski definition) is 0. The van der Waals surface area contributed by atoms with Crippen molar-refractivity contribution in [1.29, 1.82) is 0 Å². The lowest BCUT2D eigenvalue weighted by Crippen LogP contribution is -2.22. The lowest BCUT2D eigenvalue weighted by molar-refractivity contribution is 0.104. The van der Waals surface area contributed by atoms with Crippen molar-refractivity contribution in [3.05, 3.63) is 156 Å². The van der Waals surface area contributed by atoms with Crippen LogP contribution in [0.25, 0.3) is 22.3 Å². The van der Waals surface area contributed by atoms with Crippen molar-refractivity contribution in [3.8, 4) is 17.1 Å². The molecule has 0 aliphatic carbocycles. The van der Waals surface area contributed by atoms with Crippen LogP contribution in [0, 0.1) is 0 Å². The molecule has 0 bridgehead atoms. The number of ketones is 1. The second kappa shape index (κ2) is 11.3. The fourth-order valence-electron chi connectivity index (χ4n) is 5.03. The van der Waals surface area contributed by atoms with Gasteiger partial charge in [-0.2, -0.15) is 0 Å². The number of nitrogens with zero attached hydrogens (tertiary/aromatic N) is 1. The second-order valence-electron chi connectivity index (χ2n) is 9.73. The first kappa shape index (κ1) is 25.2. The zero-order chi connectivity index (χ0) is 27.3. The molecule has 0 saturated carbocycles. The van der Waals surface area contributed by atoms with Crippen LogP contribution in [-0.2, 0) is 13.1 Å². The smallest absolute Gasteiger partial charge is 0.197 e. The van der Waals surface area contributed by atoms with E-state index in [1.54, 1.807) is 7.11 Å².